The van der Waals surface area contributed by atoms with E-state index in [0.29, 0.717) is 12.8 Å². The number of nitrogens with one attached hydrogen (secondary N) is 2. The van der Waals surface area contributed by atoms with Crippen LogP contribution in [0.3, 0.4) is 0 Å². The third kappa shape index (κ3) is 5.22. The minimum Gasteiger partial charge on any atom is -0.479 e. The fourth-order valence-electron chi connectivity index (χ4n) is 5.00. The lowest BCUT2D eigenvalue weighted by atomic mass is 9.93. The molecule has 4 rings (SSSR count). The predicted molar refractivity (Wildman–Crippen MR) is 125 cm³/mol. The van der Waals surface area contributed by atoms with Crippen molar-refractivity contribution in [3.63, 3.8) is 0 Å². The fraction of sp³-hybridized carbons (Fsp3) is 0.423. The Hall–Kier alpha value is -3.39. The molecule has 0 saturated heterocycles. The highest BCUT2D eigenvalue weighted by Crippen LogP contribution is 2.44. The molecule has 180 valence electrons. The minimum absolute atomic E-state index is 0.0520. The van der Waals surface area contributed by atoms with Gasteiger partial charge in [0.15, 0.2) is 6.10 Å². The van der Waals surface area contributed by atoms with Crippen LogP contribution in [0.2, 0.25) is 0 Å². The molecule has 1 fully saturated rings. The maximum absolute atomic E-state index is 12.7. The maximum atomic E-state index is 12.7. The Morgan fingerprint density at radius 3 is 2.21 bits per heavy atom. The Balaban J connectivity index is 1.38. The van der Waals surface area contributed by atoms with Crippen molar-refractivity contribution in [2.75, 3.05) is 13.2 Å². The Bertz CT molecular complexity index is 1010. The fourth-order valence-corrected chi connectivity index (χ4v) is 5.00. The standard InChI is InChI=1S/C26H30N2O6/c29-23(25(31)32)14-27-24(30)20-12-2-1-3-13-22(20)28-26(33)34-15-21-18-10-6-4-8-16(18)17-9-5-7-11-19(17)21/h4-11,20-23,29H,1-3,12-15H2,(H,27,30)(H,28,33)(H,31,32)/t20-,22+,23?/m1/s1. The zero-order chi connectivity index (χ0) is 24.1. The van der Waals surface area contributed by atoms with Gasteiger partial charge < -0.3 is 25.6 Å². The van der Waals surface area contributed by atoms with Crippen LogP contribution in [-0.4, -0.2) is 53.5 Å². The third-order valence-electron chi connectivity index (χ3n) is 6.75. The number of carboxylic acid groups (broad SMARTS) is 1. The number of fused-ring (bicyclic) bond motifs is 3. The second kappa shape index (κ2) is 10.7. The molecule has 2 aromatic rings. The molecule has 34 heavy (non-hydrogen) atoms. The van der Waals surface area contributed by atoms with Crippen LogP contribution in [0.25, 0.3) is 11.1 Å². The highest BCUT2D eigenvalue weighted by atomic mass is 16.5. The van der Waals surface area contributed by atoms with E-state index >= 15 is 0 Å². The molecule has 2 amide bonds. The Kier molecular flexibility index (Phi) is 7.47. The van der Waals surface area contributed by atoms with Crippen LogP contribution >= 0.6 is 0 Å². The number of carbonyl (C=O) groups is 3. The lowest BCUT2D eigenvalue weighted by molar-refractivity contribution is -0.146. The molecule has 2 aliphatic carbocycles. The summed E-state index contributed by atoms with van der Waals surface area (Å²) in [6.45, 7) is -0.184. The lowest BCUT2D eigenvalue weighted by Gasteiger charge is -2.25. The van der Waals surface area contributed by atoms with E-state index in [1.165, 1.54) is 0 Å². The van der Waals surface area contributed by atoms with E-state index in [2.05, 4.69) is 34.9 Å². The lowest BCUT2D eigenvalue weighted by Crippen LogP contribution is -2.48. The van der Waals surface area contributed by atoms with Gasteiger partial charge in [0, 0.05) is 12.0 Å². The predicted octanol–water partition coefficient (Wildman–Crippen LogP) is 3.04. The van der Waals surface area contributed by atoms with E-state index in [0.717, 1.165) is 41.5 Å². The number of amides is 2. The van der Waals surface area contributed by atoms with Crippen molar-refractivity contribution in [3.8, 4) is 11.1 Å². The molecule has 0 bridgehead atoms. The maximum Gasteiger partial charge on any atom is 0.407 e. The van der Waals surface area contributed by atoms with Crippen molar-refractivity contribution in [2.24, 2.45) is 5.92 Å². The van der Waals surface area contributed by atoms with Crippen molar-refractivity contribution < 1.29 is 29.3 Å². The smallest absolute Gasteiger partial charge is 0.407 e. The SMILES string of the molecule is O=C(N[C@H]1CCCCC[C@H]1C(=O)NCC(O)C(=O)O)OCC1c2ccccc2-c2ccccc21. The van der Waals surface area contributed by atoms with Gasteiger partial charge in [-0.05, 0) is 35.1 Å². The van der Waals surface area contributed by atoms with Gasteiger partial charge >= 0.3 is 12.1 Å². The molecule has 8 nitrogen and oxygen atoms in total. The average Bonchev–Trinajstić information content (AvgIpc) is 2.97. The molecule has 1 saturated carbocycles. The number of aliphatic hydroxyl groups is 1. The summed E-state index contributed by atoms with van der Waals surface area (Å²) in [7, 11) is 0. The summed E-state index contributed by atoms with van der Waals surface area (Å²) in [6.07, 6.45) is 1.62. The molecular formula is C26H30N2O6. The number of ether oxygens (including phenoxy) is 1. The molecule has 0 radical (unpaired) electrons. The Morgan fingerprint density at radius 2 is 1.56 bits per heavy atom. The van der Waals surface area contributed by atoms with E-state index in [4.69, 9.17) is 9.84 Å². The second-order valence-electron chi connectivity index (χ2n) is 8.92. The first kappa shape index (κ1) is 23.8. The van der Waals surface area contributed by atoms with Gasteiger partial charge in [0.2, 0.25) is 5.91 Å². The molecule has 0 heterocycles. The summed E-state index contributed by atoms with van der Waals surface area (Å²) in [5, 5.41) is 23.6. The highest BCUT2D eigenvalue weighted by Gasteiger charge is 2.33. The summed E-state index contributed by atoms with van der Waals surface area (Å²) in [5.41, 5.74) is 4.55. The van der Waals surface area contributed by atoms with E-state index in [1.807, 2.05) is 24.3 Å². The number of carbonyl (C=O) groups excluding carboxylic acids is 2. The first-order valence-electron chi connectivity index (χ1n) is 11.8. The molecule has 3 atom stereocenters. The molecule has 2 aromatic carbocycles. The number of rotatable bonds is 7. The first-order chi connectivity index (χ1) is 16.5. The quantitative estimate of drug-likeness (QED) is 0.465. The minimum atomic E-state index is -1.66. The van der Waals surface area contributed by atoms with E-state index in [9.17, 15) is 19.5 Å². The molecule has 0 aromatic heterocycles. The van der Waals surface area contributed by atoms with E-state index < -0.39 is 30.1 Å². The summed E-state index contributed by atoms with van der Waals surface area (Å²) >= 11 is 0. The molecule has 8 heteroatoms. The average molecular weight is 467 g/mol. The topological polar surface area (TPSA) is 125 Å². The van der Waals surface area contributed by atoms with Crippen molar-refractivity contribution in [1.82, 2.24) is 10.6 Å². The van der Waals surface area contributed by atoms with Gasteiger partial charge in [-0.15, -0.1) is 0 Å². The van der Waals surface area contributed by atoms with Gasteiger partial charge in [-0.3, -0.25) is 4.79 Å². The molecule has 1 unspecified atom stereocenters. The summed E-state index contributed by atoms with van der Waals surface area (Å²) in [5.74, 6) is -2.33. The monoisotopic (exact) mass is 466 g/mol. The van der Waals surface area contributed by atoms with Gasteiger partial charge in [0.25, 0.3) is 0 Å². The number of carboxylic acids is 1. The van der Waals surface area contributed by atoms with Crippen LogP contribution in [0.15, 0.2) is 48.5 Å². The van der Waals surface area contributed by atoms with Gasteiger partial charge in [-0.2, -0.15) is 0 Å². The molecule has 0 aliphatic heterocycles. The highest BCUT2D eigenvalue weighted by molar-refractivity contribution is 5.82. The van der Waals surface area contributed by atoms with Gasteiger partial charge in [-0.25, -0.2) is 9.59 Å². The number of aliphatic carboxylic acids is 1. The molecule has 0 spiro atoms. The van der Waals surface area contributed by atoms with Crippen molar-refractivity contribution in [1.29, 1.82) is 0 Å². The van der Waals surface area contributed by atoms with Gasteiger partial charge in [0.1, 0.15) is 6.61 Å². The normalized spacial score (nSPS) is 20.4. The third-order valence-corrected chi connectivity index (χ3v) is 6.75. The van der Waals surface area contributed by atoms with Crippen LogP contribution in [-0.2, 0) is 14.3 Å². The second-order valence-corrected chi connectivity index (χ2v) is 8.92. The number of benzene rings is 2. The van der Waals surface area contributed by atoms with Gasteiger partial charge in [-0.1, -0.05) is 67.8 Å². The van der Waals surface area contributed by atoms with E-state index in [-0.39, 0.29) is 25.0 Å². The number of aliphatic hydroxyl groups excluding tert-OH is 1. The van der Waals surface area contributed by atoms with Crippen LogP contribution in [0.5, 0.6) is 0 Å². The van der Waals surface area contributed by atoms with Gasteiger partial charge in [0.05, 0.1) is 12.5 Å². The van der Waals surface area contributed by atoms with Crippen molar-refractivity contribution in [2.45, 2.75) is 50.2 Å². The number of hydrogen-bond acceptors (Lipinski definition) is 5. The molecule has 4 N–H and O–H groups in total. The first-order valence-corrected chi connectivity index (χ1v) is 11.8. The largest absolute Gasteiger partial charge is 0.479 e. The summed E-state index contributed by atoms with van der Waals surface area (Å²) < 4.78 is 5.64. The van der Waals surface area contributed by atoms with E-state index in [1.54, 1.807) is 0 Å². The van der Waals surface area contributed by atoms with Crippen LogP contribution in [0.1, 0.15) is 49.1 Å². The van der Waals surface area contributed by atoms with Crippen molar-refractivity contribution >= 4 is 18.0 Å². The number of alkyl carbamates (subject to hydrolysis) is 1. The number of hydrogen-bond donors (Lipinski definition) is 4. The van der Waals surface area contributed by atoms with Crippen LogP contribution in [0, 0.1) is 5.92 Å². The molecule has 2 aliphatic rings. The zero-order valence-corrected chi connectivity index (χ0v) is 18.9. The molecular weight excluding hydrogens is 436 g/mol. The zero-order valence-electron chi connectivity index (χ0n) is 18.9. The summed E-state index contributed by atoms with van der Waals surface area (Å²) in [6, 6.07) is 15.8. The van der Waals surface area contributed by atoms with Crippen molar-refractivity contribution in [3.05, 3.63) is 59.7 Å². The Labute approximate surface area is 198 Å². The van der Waals surface area contributed by atoms with Crippen LogP contribution in [0.4, 0.5) is 4.79 Å². The van der Waals surface area contributed by atoms with Crippen LogP contribution < -0.4 is 10.6 Å². The Morgan fingerprint density at radius 1 is 0.941 bits per heavy atom. The summed E-state index contributed by atoms with van der Waals surface area (Å²) in [4.78, 5) is 36.3.